The first kappa shape index (κ1) is 12.2. The normalized spacial score (nSPS) is 37.7. The monoisotopic (exact) mass is 251 g/mol. The number of hydrogen-bond donors (Lipinski definition) is 1. The third kappa shape index (κ3) is 1.69. The molecule has 1 saturated heterocycles. The van der Waals surface area contributed by atoms with Crippen LogP contribution in [0, 0.1) is 23.7 Å². The average molecular weight is 251 g/mol. The fourth-order valence-corrected chi connectivity index (χ4v) is 4.25. The summed E-state index contributed by atoms with van der Waals surface area (Å²) in [6.07, 6.45) is 5.86. The van der Waals surface area contributed by atoms with E-state index in [9.17, 15) is 9.59 Å². The Labute approximate surface area is 107 Å². The van der Waals surface area contributed by atoms with Crippen LogP contribution in [-0.2, 0) is 9.59 Å². The van der Waals surface area contributed by atoms with Crippen LogP contribution >= 0.6 is 0 Å². The number of imide groups is 1. The van der Waals surface area contributed by atoms with E-state index in [0.717, 1.165) is 38.5 Å². The summed E-state index contributed by atoms with van der Waals surface area (Å²) in [6, 6.07) is 0. The summed E-state index contributed by atoms with van der Waals surface area (Å²) in [7, 11) is 0. The fraction of sp³-hybridized carbons (Fsp3) is 0.857. The molecule has 1 aliphatic heterocycles. The van der Waals surface area contributed by atoms with Crippen molar-refractivity contribution in [3.05, 3.63) is 0 Å². The van der Waals surface area contributed by atoms with Crippen LogP contribution in [0.25, 0.3) is 0 Å². The minimum Gasteiger partial charge on any atom is -0.396 e. The summed E-state index contributed by atoms with van der Waals surface area (Å²) in [5.74, 6) is 1.21. The minimum atomic E-state index is 0.0223. The molecular weight excluding hydrogens is 230 g/mol. The molecule has 0 spiro atoms. The average Bonchev–Trinajstić information content (AvgIpc) is 3.02. The zero-order valence-electron chi connectivity index (χ0n) is 10.7. The zero-order chi connectivity index (χ0) is 12.7. The van der Waals surface area contributed by atoms with Gasteiger partial charge in [0.2, 0.25) is 11.8 Å². The lowest BCUT2D eigenvalue weighted by Crippen LogP contribution is -2.33. The first-order valence-corrected chi connectivity index (χ1v) is 7.20. The highest BCUT2D eigenvalue weighted by Gasteiger charge is 2.60. The predicted molar refractivity (Wildman–Crippen MR) is 65.5 cm³/mol. The van der Waals surface area contributed by atoms with Crippen molar-refractivity contribution < 1.29 is 14.7 Å². The molecule has 4 heteroatoms. The molecule has 3 aliphatic rings. The Morgan fingerprint density at radius 3 is 2.17 bits per heavy atom. The maximum absolute atomic E-state index is 12.3. The molecule has 0 aromatic carbocycles. The van der Waals surface area contributed by atoms with Gasteiger partial charge in [0.1, 0.15) is 0 Å². The van der Waals surface area contributed by atoms with Gasteiger partial charge in [-0.2, -0.15) is 0 Å². The number of likely N-dealkylation sites (tertiary alicyclic amines) is 1. The molecule has 1 N–H and O–H groups in total. The molecule has 3 rings (SSSR count). The molecule has 0 unspecified atom stereocenters. The molecule has 100 valence electrons. The van der Waals surface area contributed by atoms with Crippen molar-refractivity contribution in [3.63, 3.8) is 0 Å². The second-order valence-corrected chi connectivity index (χ2v) is 6.00. The summed E-state index contributed by atoms with van der Waals surface area (Å²) in [4.78, 5) is 26.1. The van der Waals surface area contributed by atoms with E-state index in [1.165, 1.54) is 4.90 Å². The van der Waals surface area contributed by atoms with Crippen LogP contribution in [0.2, 0.25) is 0 Å². The van der Waals surface area contributed by atoms with Gasteiger partial charge in [-0.1, -0.05) is 0 Å². The molecule has 0 aromatic rings. The number of carbonyl (C=O) groups is 2. The van der Waals surface area contributed by atoms with Gasteiger partial charge in [-0.15, -0.1) is 0 Å². The van der Waals surface area contributed by atoms with E-state index in [2.05, 4.69) is 0 Å². The molecule has 18 heavy (non-hydrogen) atoms. The van der Waals surface area contributed by atoms with Gasteiger partial charge in [-0.25, -0.2) is 0 Å². The third-order valence-corrected chi connectivity index (χ3v) is 5.06. The standard InChI is InChI=1S/C14H21NO3/c16-7-3-1-2-6-15-13(17)11-9-4-5-10(8-9)12(11)14(15)18/h9-12,16H,1-8H2/t9-,10+,11+,12-. The predicted octanol–water partition coefficient (Wildman–Crippen LogP) is 1.18. The highest BCUT2D eigenvalue weighted by molar-refractivity contribution is 6.06. The molecule has 1 heterocycles. The van der Waals surface area contributed by atoms with Crippen LogP contribution in [0.4, 0.5) is 0 Å². The van der Waals surface area contributed by atoms with Gasteiger partial charge in [-0.3, -0.25) is 14.5 Å². The number of hydrogen-bond acceptors (Lipinski definition) is 3. The van der Waals surface area contributed by atoms with Gasteiger partial charge in [0.15, 0.2) is 0 Å². The Balaban J connectivity index is 1.63. The van der Waals surface area contributed by atoms with E-state index in [1.54, 1.807) is 0 Å². The number of nitrogens with zero attached hydrogens (tertiary/aromatic N) is 1. The summed E-state index contributed by atoms with van der Waals surface area (Å²) in [6.45, 7) is 0.751. The summed E-state index contributed by atoms with van der Waals surface area (Å²) >= 11 is 0. The van der Waals surface area contributed by atoms with E-state index in [4.69, 9.17) is 5.11 Å². The molecule has 4 atom stereocenters. The zero-order valence-corrected chi connectivity index (χ0v) is 10.7. The third-order valence-electron chi connectivity index (χ3n) is 5.06. The highest BCUT2D eigenvalue weighted by atomic mass is 16.3. The maximum atomic E-state index is 12.3. The van der Waals surface area contributed by atoms with Crippen molar-refractivity contribution in [2.45, 2.75) is 38.5 Å². The number of unbranched alkanes of at least 4 members (excludes halogenated alkanes) is 2. The molecule has 3 fully saturated rings. The van der Waals surface area contributed by atoms with Crippen LogP contribution in [0.3, 0.4) is 0 Å². The number of amides is 2. The van der Waals surface area contributed by atoms with Crippen molar-refractivity contribution >= 4 is 11.8 Å². The van der Waals surface area contributed by atoms with Crippen molar-refractivity contribution in [2.24, 2.45) is 23.7 Å². The quantitative estimate of drug-likeness (QED) is 0.589. The fourth-order valence-electron chi connectivity index (χ4n) is 4.25. The Morgan fingerprint density at radius 1 is 1.00 bits per heavy atom. The second kappa shape index (κ2) is 4.65. The lowest BCUT2D eigenvalue weighted by Gasteiger charge is -2.19. The van der Waals surface area contributed by atoms with Crippen LogP contribution in [0.5, 0.6) is 0 Å². The molecule has 2 saturated carbocycles. The largest absolute Gasteiger partial charge is 0.396 e. The van der Waals surface area contributed by atoms with Crippen molar-refractivity contribution in [3.8, 4) is 0 Å². The topological polar surface area (TPSA) is 57.6 Å². The lowest BCUT2D eigenvalue weighted by atomic mass is 9.81. The Kier molecular flexibility index (Phi) is 3.14. The van der Waals surface area contributed by atoms with E-state index in [-0.39, 0.29) is 30.3 Å². The first-order chi connectivity index (χ1) is 8.74. The number of aliphatic hydroxyl groups excluding tert-OH is 1. The Bertz CT molecular complexity index is 340. The van der Waals surface area contributed by atoms with Crippen molar-refractivity contribution in [1.82, 2.24) is 4.90 Å². The number of aliphatic hydroxyl groups is 1. The van der Waals surface area contributed by atoms with Gasteiger partial charge in [0.25, 0.3) is 0 Å². The Hall–Kier alpha value is -0.900. The van der Waals surface area contributed by atoms with Crippen LogP contribution in [-0.4, -0.2) is 35.0 Å². The number of carbonyl (C=O) groups excluding carboxylic acids is 2. The molecule has 4 nitrogen and oxygen atoms in total. The number of rotatable bonds is 5. The molecule has 0 radical (unpaired) electrons. The molecule has 2 bridgehead atoms. The second-order valence-electron chi connectivity index (χ2n) is 6.00. The van der Waals surface area contributed by atoms with E-state index in [0.29, 0.717) is 18.4 Å². The lowest BCUT2D eigenvalue weighted by molar-refractivity contribution is -0.140. The Morgan fingerprint density at radius 2 is 1.61 bits per heavy atom. The molecule has 0 aromatic heterocycles. The summed E-state index contributed by atoms with van der Waals surface area (Å²) < 4.78 is 0. The van der Waals surface area contributed by atoms with Crippen LogP contribution < -0.4 is 0 Å². The van der Waals surface area contributed by atoms with Gasteiger partial charge < -0.3 is 5.11 Å². The van der Waals surface area contributed by atoms with E-state index in [1.807, 2.05) is 0 Å². The maximum Gasteiger partial charge on any atom is 0.233 e. The van der Waals surface area contributed by atoms with Gasteiger partial charge >= 0.3 is 0 Å². The van der Waals surface area contributed by atoms with Crippen molar-refractivity contribution in [1.29, 1.82) is 0 Å². The number of fused-ring (bicyclic) bond motifs is 5. The smallest absolute Gasteiger partial charge is 0.233 e. The summed E-state index contributed by atoms with van der Waals surface area (Å²) in [5.41, 5.74) is 0. The van der Waals surface area contributed by atoms with Gasteiger partial charge in [0, 0.05) is 13.2 Å². The molecule has 2 amide bonds. The highest BCUT2D eigenvalue weighted by Crippen LogP contribution is 2.56. The molecular formula is C14H21NO3. The van der Waals surface area contributed by atoms with E-state index < -0.39 is 0 Å². The minimum absolute atomic E-state index is 0.0223. The van der Waals surface area contributed by atoms with Crippen LogP contribution in [0.15, 0.2) is 0 Å². The van der Waals surface area contributed by atoms with Gasteiger partial charge in [-0.05, 0) is 50.4 Å². The summed E-state index contributed by atoms with van der Waals surface area (Å²) in [5, 5.41) is 8.72. The van der Waals surface area contributed by atoms with Crippen LogP contribution in [0.1, 0.15) is 38.5 Å². The van der Waals surface area contributed by atoms with Gasteiger partial charge in [0.05, 0.1) is 11.8 Å². The van der Waals surface area contributed by atoms with Crippen molar-refractivity contribution in [2.75, 3.05) is 13.2 Å². The molecule has 2 aliphatic carbocycles. The SMILES string of the molecule is O=C1[C@@H]2[C@H]3CC[C@H](C3)[C@@H]2C(=O)N1CCCCCO. The van der Waals surface area contributed by atoms with E-state index >= 15 is 0 Å². The first-order valence-electron chi connectivity index (χ1n) is 7.20.